The summed E-state index contributed by atoms with van der Waals surface area (Å²) in [5, 5.41) is 6.03. The highest BCUT2D eigenvalue weighted by atomic mass is 16.5. The van der Waals surface area contributed by atoms with Crippen LogP contribution in [0.5, 0.6) is 34.5 Å². The molecule has 4 aromatic rings. The summed E-state index contributed by atoms with van der Waals surface area (Å²) in [6, 6.07) is 21.9. The van der Waals surface area contributed by atoms with Crippen LogP contribution in [0.1, 0.15) is 49.7 Å². The highest BCUT2D eigenvalue weighted by molar-refractivity contribution is 5.82. The maximum Gasteiger partial charge on any atom is 0.220 e. The third kappa shape index (κ3) is 24.1. The number of nitrogens with zero attached hydrogens (tertiary/aromatic N) is 6. The largest absolute Gasteiger partial charge is 0.491 e. The van der Waals surface area contributed by atoms with E-state index in [1.165, 1.54) is 0 Å². The Kier molecular flexibility index (Phi) is 27.3. The number of benzene rings is 4. The van der Waals surface area contributed by atoms with Gasteiger partial charge in [-0.05, 0) is 60.4 Å². The quantitative estimate of drug-likeness (QED) is 0.0149. The number of hydrogen-bond acceptors (Lipinski definition) is 14. The van der Waals surface area contributed by atoms with E-state index in [0.717, 1.165) is 24.0 Å². The second-order valence-electron chi connectivity index (χ2n) is 17.3. The molecule has 0 saturated carbocycles. The molecule has 0 aliphatic heterocycles. The molecule has 28 heteroatoms. The van der Waals surface area contributed by atoms with Gasteiger partial charge in [0.05, 0.1) is 39.3 Å². The lowest BCUT2D eigenvalue weighted by molar-refractivity contribution is -0.122. The molecule has 0 unspecified atom stereocenters. The summed E-state index contributed by atoms with van der Waals surface area (Å²) < 4.78 is 36.9. The number of aliphatic imine (C=N–C) groups is 6. The summed E-state index contributed by atoms with van der Waals surface area (Å²) in [6.45, 7) is 2.51. The molecule has 434 valence electrons. The van der Waals surface area contributed by atoms with Crippen LogP contribution in [-0.2, 0) is 22.7 Å². The number of carbonyl (C=O) groups excluding carboxylic acids is 2. The summed E-state index contributed by atoms with van der Waals surface area (Å²) in [5.41, 5.74) is 70.4. The lowest BCUT2D eigenvalue weighted by Gasteiger charge is -2.19. The number of guanidine groups is 6. The van der Waals surface area contributed by atoms with Crippen LogP contribution >= 0.6 is 0 Å². The molecule has 2 amide bonds. The fourth-order valence-electron chi connectivity index (χ4n) is 7.50. The van der Waals surface area contributed by atoms with Gasteiger partial charge >= 0.3 is 0 Å². The number of para-hydroxylation sites is 2. The molecule has 0 radical (unpaired) electrons. The number of rotatable bonds is 37. The Bertz CT molecular complexity index is 2590. The number of hydrogen-bond donors (Lipinski definition) is 14. The lowest BCUT2D eigenvalue weighted by Crippen LogP contribution is -2.24. The second kappa shape index (κ2) is 34.8. The molecule has 0 fully saturated rings. The zero-order valence-electron chi connectivity index (χ0n) is 44.9. The highest BCUT2D eigenvalue weighted by Crippen LogP contribution is 2.44. The predicted octanol–water partition coefficient (Wildman–Crippen LogP) is -0.793. The fourth-order valence-corrected chi connectivity index (χ4v) is 7.50. The Labute approximate surface area is 464 Å². The lowest BCUT2D eigenvalue weighted by atomic mass is 10.00. The minimum atomic E-state index is -0.127. The number of amides is 2. The molecule has 28 nitrogen and oxygen atoms in total. The molecule has 0 bridgehead atoms. The zero-order valence-corrected chi connectivity index (χ0v) is 44.9. The molecule has 0 aliphatic carbocycles. The van der Waals surface area contributed by atoms with Crippen molar-refractivity contribution >= 4 is 47.6 Å². The summed E-state index contributed by atoms with van der Waals surface area (Å²) in [5.74, 6) is 1.93. The second-order valence-corrected chi connectivity index (χ2v) is 17.3. The van der Waals surface area contributed by atoms with Gasteiger partial charge in [0.15, 0.2) is 58.8 Å². The van der Waals surface area contributed by atoms with Crippen molar-refractivity contribution in [3.8, 4) is 56.8 Å². The van der Waals surface area contributed by atoms with E-state index in [0.29, 0.717) is 82.4 Å². The maximum absolute atomic E-state index is 13.1. The molecule has 4 aromatic carbocycles. The first kappa shape index (κ1) is 62.8. The molecule has 0 aliphatic rings. The van der Waals surface area contributed by atoms with E-state index in [9.17, 15) is 9.59 Å². The van der Waals surface area contributed by atoms with Crippen LogP contribution in [0.25, 0.3) is 22.3 Å². The van der Waals surface area contributed by atoms with Gasteiger partial charge in [-0.15, -0.1) is 0 Å². The predicted molar refractivity (Wildman–Crippen MR) is 312 cm³/mol. The molecule has 26 N–H and O–H groups in total. The van der Waals surface area contributed by atoms with Gasteiger partial charge in [0.2, 0.25) is 11.8 Å². The summed E-state index contributed by atoms with van der Waals surface area (Å²) in [6.07, 6.45) is 3.34. The molecule has 4 rings (SSSR count). The monoisotopic (exact) mass is 1110 g/mol. The van der Waals surface area contributed by atoms with E-state index in [4.69, 9.17) is 97.2 Å². The zero-order chi connectivity index (χ0) is 58.1. The van der Waals surface area contributed by atoms with Gasteiger partial charge in [0.25, 0.3) is 0 Å². The van der Waals surface area contributed by atoms with Crippen molar-refractivity contribution in [1.82, 2.24) is 10.6 Å². The third-order valence-corrected chi connectivity index (χ3v) is 11.0. The van der Waals surface area contributed by atoms with Crippen LogP contribution in [-0.4, -0.2) is 126 Å². The number of nitrogens with one attached hydrogen (secondary N) is 2. The van der Waals surface area contributed by atoms with Crippen molar-refractivity contribution in [3.05, 3.63) is 83.9 Å². The van der Waals surface area contributed by atoms with Crippen molar-refractivity contribution < 1.29 is 38.0 Å². The molecule has 0 saturated heterocycles. The van der Waals surface area contributed by atoms with E-state index < -0.39 is 0 Å². The molecule has 0 atom stereocenters. The molecular weight excluding hydrogens is 1030 g/mol. The first-order valence-corrected chi connectivity index (χ1v) is 25.7. The van der Waals surface area contributed by atoms with Crippen LogP contribution in [0.4, 0.5) is 0 Å². The molecular formula is C52H78N20O8. The van der Waals surface area contributed by atoms with Gasteiger partial charge in [0, 0.05) is 48.2 Å². The van der Waals surface area contributed by atoms with Gasteiger partial charge in [-0.2, -0.15) is 0 Å². The van der Waals surface area contributed by atoms with Gasteiger partial charge < -0.3 is 108 Å². The van der Waals surface area contributed by atoms with Crippen molar-refractivity contribution in [2.75, 3.05) is 78.9 Å². The molecule has 0 heterocycles. The van der Waals surface area contributed by atoms with Crippen molar-refractivity contribution in [2.24, 2.45) is 98.8 Å². The normalized spacial score (nSPS) is 10.4. The van der Waals surface area contributed by atoms with Crippen molar-refractivity contribution in [2.45, 2.75) is 51.6 Å². The smallest absolute Gasteiger partial charge is 0.220 e. The van der Waals surface area contributed by atoms with E-state index in [-0.39, 0.29) is 140 Å². The molecule has 0 spiro atoms. The van der Waals surface area contributed by atoms with E-state index >= 15 is 0 Å². The van der Waals surface area contributed by atoms with Gasteiger partial charge in [-0.3, -0.25) is 39.5 Å². The molecule has 80 heavy (non-hydrogen) atoms. The number of nitrogens with two attached hydrogens (primary N) is 12. The van der Waals surface area contributed by atoms with Crippen LogP contribution in [0.15, 0.2) is 103 Å². The average Bonchev–Trinajstić information content (AvgIpc) is 3.52. The number of unbranched alkanes of at least 4 members (excludes halogenated alkanes) is 3. The van der Waals surface area contributed by atoms with Gasteiger partial charge in [0.1, 0.15) is 51.1 Å². The third-order valence-electron chi connectivity index (χ3n) is 11.0. The maximum atomic E-state index is 13.1. The van der Waals surface area contributed by atoms with Crippen LogP contribution in [0.2, 0.25) is 0 Å². The average molecular weight is 1110 g/mol. The topological polar surface area (TPSA) is 500 Å². The fraction of sp³-hybridized carbons (Fsp3) is 0.385. The Hall–Kier alpha value is -9.76. The van der Waals surface area contributed by atoms with Crippen LogP contribution in [0.3, 0.4) is 0 Å². The first-order valence-electron chi connectivity index (χ1n) is 25.7. The Morgan fingerprint density at radius 3 is 0.963 bits per heavy atom. The Morgan fingerprint density at radius 1 is 0.350 bits per heavy atom. The Morgan fingerprint density at radius 2 is 0.650 bits per heavy atom. The van der Waals surface area contributed by atoms with Crippen molar-refractivity contribution in [1.29, 1.82) is 0 Å². The SMILES string of the molecule is NC(N)=NCCOc1ccc(CNC(=O)CCCCCCC(=O)NCc2ccc(OCCN=C(N)N)c(-c3cccc(OCCN=C(N)N)c3OCCN=C(N)N)c2)cc1-c1cccc(OCCN=C(N)N)c1OCCN=C(N)N. The van der Waals surface area contributed by atoms with E-state index in [1.54, 1.807) is 36.4 Å². The summed E-state index contributed by atoms with van der Waals surface area (Å²) in [7, 11) is 0. The number of ether oxygens (including phenoxy) is 6. The van der Waals surface area contributed by atoms with Crippen molar-refractivity contribution in [3.63, 3.8) is 0 Å². The minimum Gasteiger partial charge on any atom is -0.491 e. The van der Waals surface area contributed by atoms with Crippen LogP contribution < -0.4 is 108 Å². The summed E-state index contributed by atoms with van der Waals surface area (Å²) in [4.78, 5) is 50.3. The first-order chi connectivity index (χ1) is 38.5. The minimum absolute atomic E-state index is 0.0628. The summed E-state index contributed by atoms with van der Waals surface area (Å²) >= 11 is 0. The van der Waals surface area contributed by atoms with Crippen LogP contribution in [0, 0.1) is 0 Å². The highest BCUT2D eigenvalue weighted by Gasteiger charge is 2.20. The van der Waals surface area contributed by atoms with E-state index in [1.807, 2.05) is 36.4 Å². The van der Waals surface area contributed by atoms with Gasteiger partial charge in [-0.1, -0.05) is 49.2 Å². The molecule has 0 aromatic heterocycles. The van der Waals surface area contributed by atoms with Gasteiger partial charge in [-0.25, -0.2) is 0 Å². The standard InChI is InChI=1S/C52H78N20O8/c53-47(54)65-17-23-75-39-15-13-33(29-37(39)35-7-5-9-41(77-25-19-67-49(57)58)45(35)79-27-21-69-51(61)62)31-71-43(73)11-3-1-2-4-12-44(74)72-32-34-14-16-40(76-24-18-66-48(55)56)38(30-34)36-8-6-10-42(78-26-20-68-50(59)60)46(36)80-28-22-70-52(63)64/h5-10,13-16,29-30H,1-4,11-12,17-28,31-32H2,(H,71,73)(H,72,74)(H4,53,54,65)(H4,55,56,66)(H4,57,58,67)(H4,59,60,68)(H4,61,62,69)(H4,63,64,70). The Balaban J connectivity index is 1.38. The van der Waals surface area contributed by atoms with E-state index in [2.05, 4.69) is 40.6 Å². The number of carbonyl (C=O) groups is 2.